The van der Waals surface area contributed by atoms with Crippen molar-refractivity contribution >= 4 is 5.69 Å². The highest BCUT2D eigenvalue weighted by molar-refractivity contribution is 5.53. The summed E-state index contributed by atoms with van der Waals surface area (Å²) in [4.78, 5) is 2.13. The van der Waals surface area contributed by atoms with E-state index in [1.54, 1.807) is 6.07 Å². The van der Waals surface area contributed by atoms with Gasteiger partial charge in [0.2, 0.25) is 0 Å². The molecule has 4 nitrogen and oxygen atoms in total. The molecule has 0 radical (unpaired) electrons. The van der Waals surface area contributed by atoms with Crippen LogP contribution in [0.25, 0.3) is 0 Å². The lowest BCUT2D eigenvalue weighted by Gasteiger charge is -2.27. The second-order valence-electron chi connectivity index (χ2n) is 4.36. The maximum atomic E-state index is 13.3. The molecule has 0 atom stereocenters. The number of hydrogen-bond donors (Lipinski definition) is 1. The van der Waals surface area contributed by atoms with Crippen LogP contribution in [0.3, 0.4) is 0 Å². The van der Waals surface area contributed by atoms with Crippen LogP contribution in [0.2, 0.25) is 0 Å². The van der Waals surface area contributed by atoms with Crippen LogP contribution in [0.5, 0.6) is 0 Å². The van der Waals surface area contributed by atoms with Crippen LogP contribution < -0.4 is 10.6 Å². The van der Waals surface area contributed by atoms with Crippen molar-refractivity contribution in [3.63, 3.8) is 0 Å². The molecule has 5 heteroatoms. The van der Waals surface area contributed by atoms with E-state index < -0.39 is 0 Å². The quantitative estimate of drug-likeness (QED) is 0.669. The molecule has 0 aliphatic carbocycles. The van der Waals surface area contributed by atoms with E-state index in [1.165, 1.54) is 12.1 Å². The molecule has 0 saturated heterocycles. The van der Waals surface area contributed by atoms with Crippen LogP contribution >= 0.6 is 0 Å². The van der Waals surface area contributed by atoms with Crippen molar-refractivity contribution in [3.8, 4) is 0 Å². The van der Waals surface area contributed by atoms with Gasteiger partial charge in [0.1, 0.15) is 5.82 Å². The van der Waals surface area contributed by atoms with Crippen molar-refractivity contribution in [1.29, 1.82) is 0 Å². The fourth-order valence-electron chi connectivity index (χ4n) is 2.02. The highest BCUT2D eigenvalue weighted by atomic mass is 19.1. The van der Waals surface area contributed by atoms with E-state index in [1.807, 2.05) is 13.8 Å². The molecule has 0 saturated carbocycles. The summed E-state index contributed by atoms with van der Waals surface area (Å²) < 4.78 is 24.1. The van der Waals surface area contributed by atoms with Gasteiger partial charge in [-0.3, -0.25) is 0 Å². The van der Waals surface area contributed by atoms with E-state index in [2.05, 4.69) is 4.90 Å². The minimum Gasteiger partial charge on any atom is -0.380 e. The van der Waals surface area contributed by atoms with Gasteiger partial charge in [-0.05, 0) is 37.6 Å². The molecule has 0 amide bonds. The summed E-state index contributed by atoms with van der Waals surface area (Å²) in [5, 5.41) is 0. The van der Waals surface area contributed by atoms with Gasteiger partial charge in [-0.25, -0.2) is 4.39 Å². The van der Waals surface area contributed by atoms with Gasteiger partial charge in [-0.15, -0.1) is 0 Å². The molecule has 0 aliphatic rings. The fraction of sp³-hybridized carbons (Fsp3) is 0.600. The monoisotopic (exact) mass is 284 g/mol. The van der Waals surface area contributed by atoms with Crippen LogP contribution in [-0.2, 0) is 16.0 Å². The molecule has 0 aliphatic heterocycles. The van der Waals surface area contributed by atoms with Crippen LogP contribution in [0.4, 0.5) is 10.1 Å². The van der Waals surface area contributed by atoms with E-state index in [0.717, 1.165) is 24.3 Å². The zero-order chi connectivity index (χ0) is 14.8. The van der Waals surface area contributed by atoms with Crippen LogP contribution in [0, 0.1) is 5.82 Å². The first-order chi connectivity index (χ1) is 9.72. The third-order valence-corrected chi connectivity index (χ3v) is 3.02. The molecule has 0 fully saturated rings. The largest absolute Gasteiger partial charge is 0.380 e. The van der Waals surface area contributed by atoms with Gasteiger partial charge in [0.15, 0.2) is 0 Å². The molecule has 0 heterocycles. The minimum atomic E-state index is -0.260. The second kappa shape index (κ2) is 9.69. The Hall–Kier alpha value is -1.17. The number of ether oxygens (including phenoxy) is 2. The van der Waals surface area contributed by atoms with Crippen LogP contribution in [0.15, 0.2) is 18.2 Å². The van der Waals surface area contributed by atoms with Crippen LogP contribution in [0.1, 0.15) is 19.4 Å². The second-order valence-corrected chi connectivity index (χ2v) is 4.36. The topological polar surface area (TPSA) is 47.7 Å². The van der Waals surface area contributed by atoms with Gasteiger partial charge in [0.25, 0.3) is 0 Å². The summed E-state index contributed by atoms with van der Waals surface area (Å²) in [6, 6.07) is 4.72. The number of hydrogen-bond acceptors (Lipinski definition) is 4. The van der Waals surface area contributed by atoms with Gasteiger partial charge in [-0.1, -0.05) is 0 Å². The number of halogens is 1. The van der Waals surface area contributed by atoms with Crippen molar-refractivity contribution in [1.82, 2.24) is 0 Å². The molecule has 0 bridgehead atoms. The minimum absolute atomic E-state index is 0.260. The van der Waals surface area contributed by atoms with Crippen molar-refractivity contribution in [2.24, 2.45) is 5.73 Å². The molecule has 2 N–H and O–H groups in total. The highest BCUT2D eigenvalue weighted by Gasteiger charge is 2.11. The summed E-state index contributed by atoms with van der Waals surface area (Å²) in [6.07, 6.45) is 0. The molecule has 114 valence electrons. The summed E-state index contributed by atoms with van der Waals surface area (Å²) in [6.45, 7) is 8.35. The Labute approximate surface area is 120 Å². The van der Waals surface area contributed by atoms with Gasteiger partial charge in [0, 0.05) is 38.5 Å². The Morgan fingerprint density at radius 3 is 2.20 bits per heavy atom. The first-order valence-corrected chi connectivity index (χ1v) is 7.11. The van der Waals surface area contributed by atoms with Crippen molar-refractivity contribution < 1.29 is 13.9 Å². The maximum Gasteiger partial charge on any atom is 0.123 e. The molecule has 20 heavy (non-hydrogen) atoms. The first kappa shape index (κ1) is 16.9. The lowest BCUT2D eigenvalue weighted by Crippen LogP contribution is -2.32. The van der Waals surface area contributed by atoms with Gasteiger partial charge in [-0.2, -0.15) is 0 Å². The van der Waals surface area contributed by atoms with Crippen molar-refractivity contribution in [3.05, 3.63) is 29.6 Å². The summed E-state index contributed by atoms with van der Waals surface area (Å²) in [5.41, 5.74) is 7.47. The number of nitrogens with two attached hydrogens (primary N) is 1. The predicted molar refractivity (Wildman–Crippen MR) is 79.5 cm³/mol. The van der Waals surface area contributed by atoms with E-state index in [0.29, 0.717) is 33.0 Å². The molecule has 1 aromatic carbocycles. The summed E-state index contributed by atoms with van der Waals surface area (Å²) >= 11 is 0. The molecule has 0 aromatic heterocycles. The number of benzene rings is 1. The molecule has 1 aromatic rings. The van der Waals surface area contributed by atoms with E-state index in [-0.39, 0.29) is 5.82 Å². The SMILES string of the molecule is CCOCCN(CCOCC)c1ccc(F)cc1CN. The molecule has 1 rings (SSSR count). The van der Waals surface area contributed by atoms with Crippen molar-refractivity contribution in [2.45, 2.75) is 20.4 Å². The lowest BCUT2D eigenvalue weighted by atomic mass is 10.1. The van der Waals surface area contributed by atoms with E-state index in [4.69, 9.17) is 15.2 Å². The van der Waals surface area contributed by atoms with Crippen LogP contribution in [-0.4, -0.2) is 39.5 Å². The predicted octanol–water partition coefficient (Wildman–Crippen LogP) is 2.16. The Morgan fingerprint density at radius 2 is 1.70 bits per heavy atom. The Bertz CT molecular complexity index is 378. The average molecular weight is 284 g/mol. The zero-order valence-electron chi connectivity index (χ0n) is 12.4. The highest BCUT2D eigenvalue weighted by Crippen LogP contribution is 2.21. The Morgan fingerprint density at radius 1 is 1.10 bits per heavy atom. The summed E-state index contributed by atoms with van der Waals surface area (Å²) in [7, 11) is 0. The maximum absolute atomic E-state index is 13.3. The standard InChI is InChI=1S/C15H25FN2O2/c1-3-19-9-7-18(8-10-20-4-2)15-6-5-14(16)11-13(15)12-17/h5-6,11H,3-4,7-10,12,17H2,1-2H3. The van der Waals surface area contributed by atoms with Crippen molar-refractivity contribution in [2.75, 3.05) is 44.4 Å². The van der Waals surface area contributed by atoms with Gasteiger partial charge in [0.05, 0.1) is 13.2 Å². The lowest BCUT2D eigenvalue weighted by molar-refractivity contribution is 0.141. The smallest absolute Gasteiger partial charge is 0.123 e. The first-order valence-electron chi connectivity index (χ1n) is 7.11. The Balaban J connectivity index is 2.78. The van der Waals surface area contributed by atoms with Gasteiger partial charge < -0.3 is 20.1 Å². The number of anilines is 1. The molecule has 0 spiro atoms. The normalized spacial score (nSPS) is 10.8. The molecular weight excluding hydrogens is 259 g/mol. The fourth-order valence-corrected chi connectivity index (χ4v) is 2.02. The third kappa shape index (κ3) is 5.45. The number of nitrogens with zero attached hydrogens (tertiary/aromatic N) is 1. The zero-order valence-corrected chi connectivity index (χ0v) is 12.4. The Kier molecular flexibility index (Phi) is 8.18. The van der Waals surface area contributed by atoms with Gasteiger partial charge >= 0.3 is 0 Å². The third-order valence-electron chi connectivity index (χ3n) is 3.02. The molecule has 0 unspecified atom stereocenters. The van der Waals surface area contributed by atoms with E-state index in [9.17, 15) is 4.39 Å². The average Bonchev–Trinajstić information content (AvgIpc) is 2.46. The number of rotatable bonds is 10. The summed E-state index contributed by atoms with van der Waals surface area (Å²) in [5.74, 6) is -0.260. The van der Waals surface area contributed by atoms with E-state index >= 15 is 0 Å². The molecular formula is C15H25FN2O2.